The summed E-state index contributed by atoms with van der Waals surface area (Å²) in [5, 5.41) is 7.22. The lowest BCUT2D eigenvalue weighted by Gasteiger charge is -2.17. The summed E-state index contributed by atoms with van der Waals surface area (Å²) in [6, 6.07) is 0. The van der Waals surface area contributed by atoms with E-state index in [2.05, 4.69) is 29.2 Å². The van der Waals surface area contributed by atoms with E-state index >= 15 is 0 Å². The van der Waals surface area contributed by atoms with Crippen LogP contribution in [0.4, 0.5) is 4.39 Å². The van der Waals surface area contributed by atoms with Gasteiger partial charge in [0.1, 0.15) is 0 Å². The molecular formula is C12H23FN4. The first kappa shape index (κ1) is 14.1. The largest absolute Gasteiger partial charge is 0.311 e. The van der Waals surface area contributed by atoms with Gasteiger partial charge in [-0.25, -0.2) is 4.68 Å². The van der Waals surface area contributed by atoms with Crippen molar-refractivity contribution in [2.75, 3.05) is 26.2 Å². The zero-order chi connectivity index (χ0) is 12.7. The number of nitrogens with zero attached hydrogens (tertiary/aromatic N) is 3. The number of likely N-dealkylation sites (N-methyl/N-ethyl adjacent to an activating group) is 1. The van der Waals surface area contributed by atoms with Crippen LogP contribution in [0.15, 0.2) is 6.20 Å². The average Bonchev–Trinajstić information content (AvgIpc) is 2.70. The molecule has 1 heterocycles. The first-order valence-corrected chi connectivity index (χ1v) is 6.36. The molecule has 0 amide bonds. The van der Waals surface area contributed by atoms with E-state index in [0.717, 1.165) is 26.2 Å². The molecular weight excluding hydrogens is 219 g/mol. The topological polar surface area (TPSA) is 33.1 Å². The van der Waals surface area contributed by atoms with Crippen molar-refractivity contribution in [1.82, 2.24) is 20.0 Å². The Balaban J connectivity index is 2.28. The van der Waals surface area contributed by atoms with Crippen molar-refractivity contribution < 1.29 is 4.39 Å². The zero-order valence-electron chi connectivity index (χ0n) is 11.0. The molecule has 0 saturated carbocycles. The van der Waals surface area contributed by atoms with E-state index < -0.39 is 0 Å². The monoisotopic (exact) mass is 242 g/mol. The highest BCUT2D eigenvalue weighted by Gasteiger charge is 2.08. The molecule has 0 saturated heterocycles. The fraction of sp³-hybridized carbons (Fsp3) is 0.750. The summed E-state index contributed by atoms with van der Waals surface area (Å²) in [5.41, 5.74) is 0.645. The summed E-state index contributed by atoms with van der Waals surface area (Å²) in [6.07, 6.45) is 1.60. The van der Waals surface area contributed by atoms with Crippen LogP contribution in [0.2, 0.25) is 0 Å². The van der Waals surface area contributed by atoms with Gasteiger partial charge in [0.2, 0.25) is 5.95 Å². The number of hydrogen-bond donors (Lipinski definition) is 1. The van der Waals surface area contributed by atoms with Crippen molar-refractivity contribution >= 4 is 0 Å². The van der Waals surface area contributed by atoms with Crippen LogP contribution >= 0.6 is 0 Å². The second-order valence-corrected chi connectivity index (χ2v) is 3.98. The molecule has 0 aliphatic rings. The van der Waals surface area contributed by atoms with Gasteiger partial charge in [0, 0.05) is 31.7 Å². The molecule has 0 aliphatic carbocycles. The standard InChI is InChI=1S/C12H23FN4/c1-4-16(5-2)8-7-14-9-11-10-15-17(6-3)12(11)13/h10,14H,4-9H2,1-3H3. The maximum Gasteiger partial charge on any atom is 0.215 e. The molecule has 1 N–H and O–H groups in total. The predicted molar refractivity (Wildman–Crippen MR) is 67.4 cm³/mol. The second-order valence-electron chi connectivity index (χ2n) is 3.98. The van der Waals surface area contributed by atoms with Gasteiger partial charge >= 0.3 is 0 Å². The van der Waals surface area contributed by atoms with Crippen LogP contribution in [0.5, 0.6) is 0 Å². The smallest absolute Gasteiger partial charge is 0.215 e. The highest BCUT2D eigenvalue weighted by Crippen LogP contribution is 2.05. The van der Waals surface area contributed by atoms with Crippen LogP contribution < -0.4 is 5.32 Å². The van der Waals surface area contributed by atoms with Gasteiger partial charge in [0.25, 0.3) is 0 Å². The van der Waals surface area contributed by atoms with Gasteiger partial charge in [0.15, 0.2) is 0 Å². The normalized spacial score (nSPS) is 11.4. The molecule has 0 aromatic carbocycles. The van der Waals surface area contributed by atoms with Gasteiger partial charge in [0.05, 0.1) is 6.20 Å². The number of hydrogen-bond acceptors (Lipinski definition) is 3. The molecule has 0 radical (unpaired) electrons. The van der Waals surface area contributed by atoms with Crippen LogP contribution in [0.3, 0.4) is 0 Å². The minimum Gasteiger partial charge on any atom is -0.311 e. The third-order valence-corrected chi connectivity index (χ3v) is 2.96. The minimum atomic E-state index is -0.220. The summed E-state index contributed by atoms with van der Waals surface area (Å²) >= 11 is 0. The Morgan fingerprint density at radius 1 is 1.35 bits per heavy atom. The summed E-state index contributed by atoms with van der Waals surface area (Å²) in [5.74, 6) is -0.220. The Labute approximate surface area is 103 Å². The third-order valence-electron chi connectivity index (χ3n) is 2.96. The van der Waals surface area contributed by atoms with Crippen molar-refractivity contribution in [2.24, 2.45) is 0 Å². The molecule has 4 nitrogen and oxygen atoms in total. The fourth-order valence-electron chi connectivity index (χ4n) is 1.75. The maximum atomic E-state index is 13.6. The van der Waals surface area contributed by atoms with Crippen molar-refractivity contribution in [2.45, 2.75) is 33.9 Å². The molecule has 5 heteroatoms. The third kappa shape index (κ3) is 4.09. The summed E-state index contributed by atoms with van der Waals surface area (Å²) in [6.45, 7) is 11.3. The first-order valence-electron chi connectivity index (χ1n) is 6.36. The van der Waals surface area contributed by atoms with Crippen LogP contribution in [0.1, 0.15) is 26.3 Å². The molecule has 1 rings (SSSR count). The number of nitrogens with one attached hydrogen (secondary N) is 1. The molecule has 17 heavy (non-hydrogen) atoms. The Kier molecular flexibility index (Phi) is 6.15. The lowest BCUT2D eigenvalue weighted by molar-refractivity contribution is 0.302. The molecule has 1 aromatic heterocycles. The van der Waals surface area contributed by atoms with E-state index in [1.165, 1.54) is 4.68 Å². The fourth-order valence-corrected chi connectivity index (χ4v) is 1.75. The quantitative estimate of drug-likeness (QED) is 0.701. The lowest BCUT2D eigenvalue weighted by Crippen LogP contribution is -2.31. The van der Waals surface area contributed by atoms with E-state index in [4.69, 9.17) is 0 Å². The van der Waals surface area contributed by atoms with Gasteiger partial charge < -0.3 is 10.2 Å². The first-order chi connectivity index (χ1) is 8.22. The van der Waals surface area contributed by atoms with E-state index in [-0.39, 0.29) is 5.95 Å². The van der Waals surface area contributed by atoms with E-state index in [0.29, 0.717) is 18.7 Å². The van der Waals surface area contributed by atoms with Crippen LogP contribution in [0.25, 0.3) is 0 Å². The lowest BCUT2D eigenvalue weighted by atomic mass is 10.3. The van der Waals surface area contributed by atoms with Gasteiger partial charge in [-0.3, -0.25) is 0 Å². The number of aromatic nitrogens is 2. The molecule has 1 aromatic rings. The Morgan fingerprint density at radius 2 is 2.06 bits per heavy atom. The van der Waals surface area contributed by atoms with Gasteiger partial charge in [-0.15, -0.1) is 0 Å². The SMILES string of the molecule is CCN(CC)CCNCc1cnn(CC)c1F. The van der Waals surface area contributed by atoms with Crippen LogP contribution in [-0.2, 0) is 13.1 Å². The molecule has 0 atom stereocenters. The summed E-state index contributed by atoms with van der Waals surface area (Å²) in [4.78, 5) is 2.33. The maximum absolute atomic E-state index is 13.6. The minimum absolute atomic E-state index is 0.220. The Morgan fingerprint density at radius 3 is 2.59 bits per heavy atom. The van der Waals surface area contributed by atoms with Crippen molar-refractivity contribution in [3.05, 3.63) is 17.7 Å². The molecule has 0 bridgehead atoms. The van der Waals surface area contributed by atoms with Gasteiger partial charge in [-0.1, -0.05) is 13.8 Å². The van der Waals surface area contributed by atoms with Crippen LogP contribution in [-0.4, -0.2) is 40.9 Å². The van der Waals surface area contributed by atoms with Gasteiger partial charge in [-0.05, 0) is 20.0 Å². The van der Waals surface area contributed by atoms with E-state index in [9.17, 15) is 4.39 Å². The number of rotatable bonds is 8. The van der Waals surface area contributed by atoms with Gasteiger partial charge in [-0.2, -0.15) is 9.49 Å². The molecule has 0 fully saturated rings. The van der Waals surface area contributed by atoms with Crippen molar-refractivity contribution in [3.63, 3.8) is 0 Å². The Hall–Kier alpha value is -0.940. The van der Waals surface area contributed by atoms with Crippen molar-refractivity contribution in [3.8, 4) is 0 Å². The van der Waals surface area contributed by atoms with Crippen LogP contribution in [0, 0.1) is 5.95 Å². The molecule has 98 valence electrons. The second kappa shape index (κ2) is 7.40. The average molecular weight is 242 g/mol. The Bertz CT molecular complexity index is 320. The number of halogens is 1. The molecule has 0 unspecified atom stereocenters. The summed E-state index contributed by atoms with van der Waals surface area (Å²) in [7, 11) is 0. The summed E-state index contributed by atoms with van der Waals surface area (Å²) < 4.78 is 15.0. The zero-order valence-corrected chi connectivity index (χ0v) is 11.0. The highest BCUT2D eigenvalue weighted by atomic mass is 19.1. The number of aryl methyl sites for hydroxylation is 1. The molecule has 0 aliphatic heterocycles. The molecule has 0 spiro atoms. The highest BCUT2D eigenvalue weighted by molar-refractivity contribution is 5.06. The van der Waals surface area contributed by atoms with E-state index in [1.807, 2.05) is 6.92 Å². The van der Waals surface area contributed by atoms with Crippen molar-refractivity contribution in [1.29, 1.82) is 0 Å². The van der Waals surface area contributed by atoms with E-state index in [1.54, 1.807) is 6.20 Å². The predicted octanol–water partition coefficient (Wildman–Crippen LogP) is 1.47.